The molecule has 0 fully saturated rings. The molecule has 132 valence electrons. The van der Waals surface area contributed by atoms with Gasteiger partial charge in [0.05, 0.1) is 0 Å². The highest BCUT2D eigenvalue weighted by Gasteiger charge is 2.46. The third kappa shape index (κ3) is 3.19. The van der Waals surface area contributed by atoms with E-state index < -0.39 is 12.0 Å². The topological polar surface area (TPSA) is 9.23 Å². The summed E-state index contributed by atoms with van der Waals surface area (Å²) in [6.45, 7) is 1.89. The lowest BCUT2D eigenvalue weighted by Gasteiger charge is -2.34. The van der Waals surface area contributed by atoms with Gasteiger partial charge in [0.25, 0.3) is 5.92 Å². The van der Waals surface area contributed by atoms with Gasteiger partial charge in [0.2, 0.25) is 0 Å². The van der Waals surface area contributed by atoms with Crippen LogP contribution >= 0.6 is 11.6 Å². The van der Waals surface area contributed by atoms with Crippen molar-refractivity contribution >= 4 is 11.6 Å². The highest BCUT2D eigenvalue weighted by atomic mass is 35.5. The van der Waals surface area contributed by atoms with Crippen molar-refractivity contribution in [2.24, 2.45) is 0 Å². The molecular formula is C22H17ClF2O. The molecule has 1 aliphatic rings. The molecule has 0 radical (unpaired) electrons. The van der Waals surface area contributed by atoms with Crippen LogP contribution in [0, 0.1) is 6.92 Å². The van der Waals surface area contributed by atoms with E-state index in [0.717, 1.165) is 16.7 Å². The Labute approximate surface area is 156 Å². The summed E-state index contributed by atoms with van der Waals surface area (Å²) < 4.78 is 35.1. The summed E-state index contributed by atoms with van der Waals surface area (Å²) in [4.78, 5) is 0. The van der Waals surface area contributed by atoms with Crippen LogP contribution in [0.5, 0.6) is 5.75 Å². The smallest absolute Gasteiger partial charge is 0.292 e. The number of hydrogen-bond acceptors (Lipinski definition) is 1. The zero-order chi connectivity index (χ0) is 18.3. The van der Waals surface area contributed by atoms with E-state index >= 15 is 0 Å². The normalized spacial score (nSPS) is 18.1. The third-order valence-electron chi connectivity index (χ3n) is 4.66. The van der Waals surface area contributed by atoms with E-state index in [9.17, 15) is 8.78 Å². The lowest BCUT2D eigenvalue weighted by molar-refractivity contribution is -0.109. The molecular weight excluding hydrogens is 354 g/mol. The second-order valence-electron chi connectivity index (χ2n) is 6.68. The lowest BCUT2D eigenvalue weighted by atomic mass is 9.92. The van der Waals surface area contributed by atoms with Crippen LogP contribution in [-0.2, 0) is 6.42 Å². The second kappa shape index (κ2) is 6.40. The minimum absolute atomic E-state index is 0.312. The summed E-state index contributed by atoms with van der Waals surface area (Å²) >= 11 is 5.91. The lowest BCUT2D eigenvalue weighted by Crippen LogP contribution is -2.36. The van der Waals surface area contributed by atoms with E-state index in [2.05, 4.69) is 0 Å². The van der Waals surface area contributed by atoms with E-state index in [1.54, 1.807) is 24.3 Å². The molecule has 1 nitrogen and oxygen atoms in total. The van der Waals surface area contributed by atoms with Crippen molar-refractivity contribution < 1.29 is 13.5 Å². The first kappa shape index (κ1) is 17.0. The van der Waals surface area contributed by atoms with Crippen LogP contribution in [-0.4, -0.2) is 5.92 Å². The molecule has 0 amide bonds. The van der Waals surface area contributed by atoms with Crippen LogP contribution in [0.4, 0.5) is 8.78 Å². The second-order valence-corrected chi connectivity index (χ2v) is 7.11. The van der Waals surface area contributed by atoms with Gasteiger partial charge in [-0.2, -0.15) is 0 Å². The maximum Gasteiger partial charge on any atom is 0.292 e. The number of halogens is 3. The quantitative estimate of drug-likeness (QED) is 0.492. The number of aryl methyl sites for hydroxylation is 1. The minimum atomic E-state index is -2.96. The van der Waals surface area contributed by atoms with Crippen LogP contribution in [0.15, 0.2) is 66.7 Å². The molecule has 0 saturated carbocycles. The van der Waals surface area contributed by atoms with Gasteiger partial charge in [-0.25, -0.2) is 8.78 Å². The molecule has 3 aromatic carbocycles. The maximum atomic E-state index is 14.7. The SMILES string of the molecule is Cc1ccc2c(c1)CC(F)(F)C(c1ccc(-c3ccc(Cl)cc3)cc1)O2. The summed E-state index contributed by atoms with van der Waals surface area (Å²) in [5.41, 5.74) is 3.91. The van der Waals surface area contributed by atoms with Gasteiger partial charge < -0.3 is 4.74 Å². The Morgan fingerprint density at radius 3 is 2.19 bits per heavy atom. The van der Waals surface area contributed by atoms with E-state index in [-0.39, 0.29) is 6.42 Å². The van der Waals surface area contributed by atoms with E-state index in [4.69, 9.17) is 16.3 Å². The number of alkyl halides is 2. The third-order valence-corrected chi connectivity index (χ3v) is 4.91. The highest BCUT2D eigenvalue weighted by Crippen LogP contribution is 2.45. The zero-order valence-electron chi connectivity index (χ0n) is 14.2. The van der Waals surface area contributed by atoms with Gasteiger partial charge in [-0.3, -0.25) is 0 Å². The Balaban J connectivity index is 1.64. The Kier molecular flexibility index (Phi) is 4.20. The fourth-order valence-electron chi connectivity index (χ4n) is 3.33. The predicted molar refractivity (Wildman–Crippen MR) is 100 cm³/mol. The summed E-state index contributed by atoms with van der Waals surface area (Å²) in [5.74, 6) is -2.42. The number of benzene rings is 3. The van der Waals surface area contributed by atoms with Crippen LogP contribution in [0.1, 0.15) is 22.8 Å². The van der Waals surface area contributed by atoms with Gasteiger partial charge >= 0.3 is 0 Å². The van der Waals surface area contributed by atoms with Crippen LogP contribution < -0.4 is 4.74 Å². The van der Waals surface area contributed by atoms with E-state index in [0.29, 0.717) is 21.9 Å². The van der Waals surface area contributed by atoms with Crippen molar-refractivity contribution in [3.63, 3.8) is 0 Å². The fraction of sp³-hybridized carbons (Fsp3) is 0.182. The van der Waals surface area contributed by atoms with Gasteiger partial charge in [-0.1, -0.05) is 65.7 Å². The Morgan fingerprint density at radius 2 is 1.54 bits per heavy atom. The molecule has 0 saturated heterocycles. The van der Waals surface area contributed by atoms with Gasteiger partial charge in [-0.15, -0.1) is 0 Å². The molecule has 0 bridgehead atoms. The largest absolute Gasteiger partial charge is 0.479 e. The number of fused-ring (bicyclic) bond motifs is 1. The van der Waals surface area contributed by atoms with Crippen molar-refractivity contribution in [1.82, 2.24) is 0 Å². The molecule has 1 atom stereocenters. The monoisotopic (exact) mass is 370 g/mol. The van der Waals surface area contributed by atoms with Gasteiger partial charge in [0.1, 0.15) is 5.75 Å². The minimum Gasteiger partial charge on any atom is -0.479 e. The summed E-state index contributed by atoms with van der Waals surface area (Å²) in [6.07, 6.45) is -1.59. The van der Waals surface area contributed by atoms with Gasteiger partial charge in [-0.05, 0) is 41.8 Å². The number of rotatable bonds is 2. The first-order valence-corrected chi connectivity index (χ1v) is 8.80. The van der Waals surface area contributed by atoms with Crippen molar-refractivity contribution in [2.75, 3.05) is 0 Å². The summed E-state index contributed by atoms with van der Waals surface area (Å²) in [7, 11) is 0. The van der Waals surface area contributed by atoms with E-state index in [1.807, 2.05) is 49.4 Å². The first-order valence-electron chi connectivity index (χ1n) is 8.42. The zero-order valence-corrected chi connectivity index (χ0v) is 14.9. The molecule has 3 aromatic rings. The van der Waals surface area contributed by atoms with Crippen molar-refractivity contribution in [3.8, 4) is 16.9 Å². The molecule has 0 spiro atoms. The van der Waals surface area contributed by atoms with Crippen LogP contribution in [0.3, 0.4) is 0 Å². The molecule has 0 aliphatic carbocycles. The molecule has 1 unspecified atom stereocenters. The molecule has 1 heterocycles. The molecule has 0 N–H and O–H groups in total. The van der Waals surface area contributed by atoms with Crippen molar-refractivity contribution in [2.45, 2.75) is 25.4 Å². The maximum absolute atomic E-state index is 14.7. The van der Waals surface area contributed by atoms with Crippen molar-refractivity contribution in [1.29, 1.82) is 0 Å². The van der Waals surface area contributed by atoms with Gasteiger partial charge in [0, 0.05) is 17.0 Å². The average molecular weight is 371 g/mol. The van der Waals surface area contributed by atoms with E-state index in [1.165, 1.54) is 0 Å². The molecule has 4 heteroatoms. The summed E-state index contributed by atoms with van der Waals surface area (Å²) in [5, 5.41) is 0.662. The molecule has 0 aromatic heterocycles. The van der Waals surface area contributed by atoms with Gasteiger partial charge in [0.15, 0.2) is 6.10 Å². The standard InChI is InChI=1S/C22H17ClF2O/c1-14-2-11-20-18(12-14)13-22(24,25)21(26-20)17-5-3-15(4-6-17)16-7-9-19(23)10-8-16/h2-12,21H,13H2,1H3. The highest BCUT2D eigenvalue weighted by molar-refractivity contribution is 6.30. The number of ether oxygens (including phenoxy) is 1. The number of hydrogen-bond donors (Lipinski definition) is 0. The summed E-state index contributed by atoms with van der Waals surface area (Å²) in [6, 6.07) is 19.9. The van der Waals surface area contributed by atoms with Crippen LogP contribution in [0.2, 0.25) is 5.02 Å². The Morgan fingerprint density at radius 1 is 0.923 bits per heavy atom. The molecule has 1 aliphatic heterocycles. The van der Waals surface area contributed by atoms with Crippen LogP contribution in [0.25, 0.3) is 11.1 Å². The predicted octanol–water partition coefficient (Wildman–Crippen LogP) is 6.63. The Bertz CT molecular complexity index is 933. The first-order chi connectivity index (χ1) is 12.4. The average Bonchev–Trinajstić information content (AvgIpc) is 2.61. The molecule has 4 rings (SSSR count). The Hall–Kier alpha value is -2.39. The fourth-order valence-corrected chi connectivity index (χ4v) is 3.45. The van der Waals surface area contributed by atoms with Crippen molar-refractivity contribution in [3.05, 3.63) is 88.4 Å². The molecule has 26 heavy (non-hydrogen) atoms.